The summed E-state index contributed by atoms with van der Waals surface area (Å²) in [7, 11) is 4.29. The Labute approximate surface area is 182 Å². The number of quaternary nitrogens is 1. The summed E-state index contributed by atoms with van der Waals surface area (Å²) in [5.74, 6) is 1.31. The van der Waals surface area contributed by atoms with Gasteiger partial charge in [-0.15, -0.1) is 10.2 Å². The fourth-order valence-corrected chi connectivity index (χ4v) is 4.11. The van der Waals surface area contributed by atoms with Gasteiger partial charge in [0, 0.05) is 12.2 Å². The van der Waals surface area contributed by atoms with Crippen LogP contribution in [0.5, 0.6) is 0 Å². The molecule has 6 nitrogen and oxygen atoms in total. The van der Waals surface area contributed by atoms with Crippen LogP contribution in [0.25, 0.3) is 0 Å². The predicted molar refractivity (Wildman–Crippen MR) is 119 cm³/mol. The number of esters is 1. The van der Waals surface area contributed by atoms with Gasteiger partial charge in [0.15, 0.2) is 11.0 Å². The first-order chi connectivity index (χ1) is 14.6. The van der Waals surface area contributed by atoms with Gasteiger partial charge in [0.25, 0.3) is 0 Å². The van der Waals surface area contributed by atoms with E-state index >= 15 is 0 Å². The molecular weight excluding hydrogens is 396 g/mol. The van der Waals surface area contributed by atoms with E-state index in [0.29, 0.717) is 17.9 Å². The van der Waals surface area contributed by atoms with Gasteiger partial charge in [0.1, 0.15) is 12.6 Å². The number of ether oxygens (including phenoxy) is 1. The first-order valence-corrected chi connectivity index (χ1v) is 11.2. The van der Waals surface area contributed by atoms with E-state index in [2.05, 4.69) is 47.9 Å². The quantitative estimate of drug-likeness (QED) is 0.307. The monoisotopic (exact) mass is 425 g/mol. The molecule has 7 heteroatoms. The fraction of sp³-hybridized carbons (Fsp3) is 0.348. The molecule has 0 aliphatic carbocycles. The van der Waals surface area contributed by atoms with Crippen LogP contribution in [0.1, 0.15) is 41.1 Å². The molecule has 0 spiro atoms. The molecule has 0 fully saturated rings. The number of hydrogen-bond donors (Lipinski definition) is 1. The Morgan fingerprint density at radius 3 is 2.37 bits per heavy atom. The highest BCUT2D eigenvalue weighted by Gasteiger charge is 2.25. The van der Waals surface area contributed by atoms with Crippen LogP contribution >= 0.6 is 11.8 Å². The molecule has 0 saturated carbocycles. The van der Waals surface area contributed by atoms with Crippen molar-refractivity contribution in [3.05, 3.63) is 77.6 Å². The number of benzene rings is 2. The highest BCUT2D eigenvalue weighted by atomic mass is 32.2. The Balaban J connectivity index is 1.69. The molecule has 1 atom stereocenters. The lowest BCUT2D eigenvalue weighted by atomic mass is 10.2. The molecule has 2 aromatic carbocycles. The molecule has 30 heavy (non-hydrogen) atoms. The van der Waals surface area contributed by atoms with Crippen LogP contribution in [0, 0.1) is 0 Å². The second kappa shape index (κ2) is 10.9. The SMILES string of the molecule is CC[C@@H](c1nnc(SCCOC(=O)c2ccccc2)n1Cc1ccccc1)[NH+](C)C. The second-order valence-electron chi connectivity index (χ2n) is 7.30. The molecule has 0 amide bonds. The van der Waals surface area contributed by atoms with Crippen molar-refractivity contribution >= 4 is 17.7 Å². The van der Waals surface area contributed by atoms with Crippen molar-refractivity contribution < 1.29 is 14.4 Å². The van der Waals surface area contributed by atoms with Gasteiger partial charge in [-0.25, -0.2) is 4.79 Å². The molecule has 3 rings (SSSR count). The molecule has 0 aliphatic rings. The Morgan fingerprint density at radius 2 is 1.73 bits per heavy atom. The molecule has 0 aliphatic heterocycles. The number of nitrogens with zero attached hydrogens (tertiary/aromatic N) is 3. The van der Waals surface area contributed by atoms with Gasteiger partial charge in [-0.1, -0.05) is 67.2 Å². The summed E-state index contributed by atoms with van der Waals surface area (Å²) in [5.41, 5.74) is 1.77. The highest BCUT2D eigenvalue weighted by Crippen LogP contribution is 2.22. The number of carbonyl (C=O) groups excluding carboxylic acids is 1. The van der Waals surface area contributed by atoms with Crippen molar-refractivity contribution in [1.82, 2.24) is 14.8 Å². The summed E-state index contributed by atoms with van der Waals surface area (Å²) in [6.07, 6.45) is 0.981. The third-order valence-electron chi connectivity index (χ3n) is 4.90. The Morgan fingerprint density at radius 1 is 1.07 bits per heavy atom. The lowest BCUT2D eigenvalue weighted by Crippen LogP contribution is -3.06. The smallest absolute Gasteiger partial charge is 0.338 e. The van der Waals surface area contributed by atoms with E-state index in [4.69, 9.17) is 4.74 Å². The minimum absolute atomic E-state index is 0.270. The highest BCUT2D eigenvalue weighted by molar-refractivity contribution is 7.99. The van der Waals surface area contributed by atoms with Crippen LogP contribution in [0.2, 0.25) is 0 Å². The molecule has 1 aromatic heterocycles. The normalized spacial score (nSPS) is 12.1. The zero-order valence-electron chi connectivity index (χ0n) is 17.7. The van der Waals surface area contributed by atoms with Gasteiger partial charge in [-0.3, -0.25) is 4.57 Å². The maximum absolute atomic E-state index is 12.1. The van der Waals surface area contributed by atoms with Crippen molar-refractivity contribution in [2.24, 2.45) is 0 Å². The van der Waals surface area contributed by atoms with Crippen molar-refractivity contribution in [3.8, 4) is 0 Å². The summed E-state index contributed by atoms with van der Waals surface area (Å²) >= 11 is 1.57. The third kappa shape index (κ3) is 5.70. The van der Waals surface area contributed by atoms with Crippen LogP contribution in [-0.4, -0.2) is 47.2 Å². The Hall–Kier alpha value is -2.64. The lowest BCUT2D eigenvalue weighted by molar-refractivity contribution is -0.893. The summed E-state index contributed by atoms with van der Waals surface area (Å²) in [5, 5.41) is 9.84. The molecular formula is C23H29N4O2S+. The molecule has 1 heterocycles. The minimum atomic E-state index is -0.301. The third-order valence-corrected chi connectivity index (χ3v) is 5.83. The van der Waals surface area contributed by atoms with E-state index in [1.807, 2.05) is 36.4 Å². The van der Waals surface area contributed by atoms with Crippen molar-refractivity contribution in [3.63, 3.8) is 0 Å². The van der Waals surface area contributed by atoms with E-state index in [1.54, 1.807) is 23.9 Å². The van der Waals surface area contributed by atoms with E-state index < -0.39 is 0 Å². The van der Waals surface area contributed by atoms with E-state index in [1.165, 1.54) is 10.5 Å². The van der Waals surface area contributed by atoms with Gasteiger partial charge in [0.05, 0.1) is 26.2 Å². The second-order valence-corrected chi connectivity index (χ2v) is 8.36. The van der Waals surface area contributed by atoms with Crippen molar-refractivity contribution in [2.75, 3.05) is 26.5 Å². The van der Waals surface area contributed by atoms with Crippen LogP contribution in [-0.2, 0) is 11.3 Å². The van der Waals surface area contributed by atoms with Crippen LogP contribution in [0.4, 0.5) is 0 Å². The van der Waals surface area contributed by atoms with Crippen LogP contribution in [0.3, 0.4) is 0 Å². The average Bonchev–Trinajstić information content (AvgIpc) is 3.14. The molecule has 0 bridgehead atoms. The average molecular weight is 426 g/mol. The number of thioether (sulfide) groups is 1. The summed E-state index contributed by atoms with van der Waals surface area (Å²) in [6, 6.07) is 19.7. The van der Waals surface area contributed by atoms with Crippen LogP contribution in [0.15, 0.2) is 65.8 Å². The van der Waals surface area contributed by atoms with E-state index in [9.17, 15) is 4.79 Å². The standard InChI is InChI=1S/C23H28N4O2S/c1-4-20(26(2)3)21-24-25-23(27(21)17-18-11-7-5-8-12-18)30-16-15-29-22(28)19-13-9-6-10-14-19/h5-14,20H,4,15-17H2,1-3H3/p+1/t20-/m0/s1. The summed E-state index contributed by atoms with van der Waals surface area (Å²) in [6.45, 7) is 3.22. The number of rotatable bonds is 10. The maximum atomic E-state index is 12.1. The van der Waals surface area contributed by atoms with Crippen LogP contribution < -0.4 is 4.90 Å². The largest absolute Gasteiger partial charge is 0.461 e. The van der Waals surface area contributed by atoms with E-state index in [-0.39, 0.29) is 12.0 Å². The number of hydrogen-bond acceptors (Lipinski definition) is 5. The number of nitrogens with one attached hydrogen (secondary N) is 1. The summed E-state index contributed by atoms with van der Waals surface area (Å²) in [4.78, 5) is 13.4. The molecule has 158 valence electrons. The van der Waals surface area contributed by atoms with Gasteiger partial charge in [-0.2, -0.15) is 0 Å². The molecule has 0 radical (unpaired) electrons. The minimum Gasteiger partial charge on any atom is -0.461 e. The number of carbonyl (C=O) groups is 1. The fourth-order valence-electron chi connectivity index (χ4n) is 3.35. The number of aromatic nitrogens is 3. The van der Waals surface area contributed by atoms with Gasteiger partial charge in [-0.05, 0) is 17.7 Å². The Kier molecular flexibility index (Phi) is 8.04. The zero-order valence-corrected chi connectivity index (χ0v) is 18.6. The van der Waals surface area contributed by atoms with Gasteiger partial charge >= 0.3 is 5.97 Å². The molecule has 0 saturated heterocycles. The first kappa shape index (κ1) is 22.1. The van der Waals surface area contributed by atoms with Crippen molar-refractivity contribution in [2.45, 2.75) is 31.1 Å². The van der Waals surface area contributed by atoms with Gasteiger partial charge in [0.2, 0.25) is 0 Å². The van der Waals surface area contributed by atoms with Gasteiger partial charge < -0.3 is 9.64 Å². The maximum Gasteiger partial charge on any atom is 0.338 e. The molecule has 1 N–H and O–H groups in total. The summed E-state index contributed by atoms with van der Waals surface area (Å²) < 4.78 is 7.59. The Bertz CT molecular complexity index is 929. The topological polar surface area (TPSA) is 61.5 Å². The van der Waals surface area contributed by atoms with Crippen molar-refractivity contribution in [1.29, 1.82) is 0 Å². The predicted octanol–water partition coefficient (Wildman–Crippen LogP) is 2.87. The lowest BCUT2D eigenvalue weighted by Gasteiger charge is -2.20. The first-order valence-electron chi connectivity index (χ1n) is 10.2. The molecule has 0 unspecified atom stereocenters. The molecule has 3 aromatic rings. The van der Waals surface area contributed by atoms with E-state index in [0.717, 1.165) is 23.9 Å². The zero-order chi connectivity index (χ0) is 21.3.